The summed E-state index contributed by atoms with van der Waals surface area (Å²) in [4.78, 5) is 10.6. The van der Waals surface area contributed by atoms with E-state index in [0.717, 1.165) is 5.56 Å². The largest absolute Gasteiger partial charge is 0.492 e. The molecule has 0 aliphatic heterocycles. The Bertz CT molecular complexity index is 395. The predicted octanol–water partition coefficient (Wildman–Crippen LogP) is 2.08. The minimum absolute atomic E-state index is 0.389. The van der Waals surface area contributed by atoms with Crippen molar-refractivity contribution in [2.75, 3.05) is 6.61 Å². The third-order valence-corrected chi connectivity index (χ3v) is 2.65. The standard InChI is InChI=1S/C12H16ClNO3/c1-2-17-11-6-4-8(7-9(11)13)3-5-10(14)12(15)16/h4,6-7,10H,2-3,5,14H2,1H3,(H,15,16). The summed E-state index contributed by atoms with van der Waals surface area (Å²) in [7, 11) is 0. The number of carbonyl (C=O) groups is 1. The quantitative estimate of drug-likeness (QED) is 0.818. The van der Waals surface area contributed by atoms with Gasteiger partial charge in [-0.05, 0) is 37.5 Å². The first kappa shape index (κ1) is 13.8. The van der Waals surface area contributed by atoms with Gasteiger partial charge >= 0.3 is 5.97 Å². The van der Waals surface area contributed by atoms with Crippen LogP contribution >= 0.6 is 11.6 Å². The topological polar surface area (TPSA) is 72.5 Å². The molecule has 0 saturated carbocycles. The van der Waals surface area contributed by atoms with Gasteiger partial charge in [-0.1, -0.05) is 17.7 Å². The molecule has 0 heterocycles. The van der Waals surface area contributed by atoms with E-state index >= 15 is 0 Å². The Labute approximate surface area is 105 Å². The first-order valence-corrected chi connectivity index (χ1v) is 5.82. The minimum atomic E-state index is -0.984. The van der Waals surface area contributed by atoms with Crippen LogP contribution in [-0.4, -0.2) is 23.7 Å². The van der Waals surface area contributed by atoms with Gasteiger partial charge in [0.1, 0.15) is 11.8 Å². The Balaban J connectivity index is 2.61. The number of rotatable bonds is 6. The molecule has 94 valence electrons. The number of aliphatic carboxylic acids is 1. The van der Waals surface area contributed by atoms with Crippen molar-refractivity contribution < 1.29 is 14.6 Å². The molecule has 4 nitrogen and oxygen atoms in total. The molecule has 17 heavy (non-hydrogen) atoms. The Morgan fingerprint density at radius 1 is 1.59 bits per heavy atom. The van der Waals surface area contributed by atoms with Gasteiger partial charge in [0, 0.05) is 0 Å². The van der Waals surface area contributed by atoms with Crippen molar-refractivity contribution in [1.82, 2.24) is 0 Å². The van der Waals surface area contributed by atoms with Gasteiger partial charge in [-0.15, -0.1) is 0 Å². The summed E-state index contributed by atoms with van der Waals surface area (Å²) >= 11 is 6.01. The number of benzene rings is 1. The summed E-state index contributed by atoms with van der Waals surface area (Å²) in [5.41, 5.74) is 6.38. The average molecular weight is 258 g/mol. The molecule has 1 aromatic carbocycles. The van der Waals surface area contributed by atoms with Crippen LogP contribution in [0.3, 0.4) is 0 Å². The molecule has 0 spiro atoms. The van der Waals surface area contributed by atoms with E-state index in [1.54, 1.807) is 12.1 Å². The van der Waals surface area contributed by atoms with Crippen LogP contribution in [0, 0.1) is 0 Å². The number of carboxylic acid groups (broad SMARTS) is 1. The molecule has 0 amide bonds. The Morgan fingerprint density at radius 3 is 2.82 bits per heavy atom. The van der Waals surface area contributed by atoms with Crippen molar-refractivity contribution >= 4 is 17.6 Å². The fraction of sp³-hybridized carbons (Fsp3) is 0.417. The van der Waals surface area contributed by atoms with E-state index in [-0.39, 0.29) is 0 Å². The number of aryl methyl sites for hydroxylation is 1. The molecular formula is C12H16ClNO3. The van der Waals surface area contributed by atoms with E-state index < -0.39 is 12.0 Å². The van der Waals surface area contributed by atoms with Gasteiger partial charge in [0.15, 0.2) is 0 Å². The van der Waals surface area contributed by atoms with Crippen LogP contribution in [0.15, 0.2) is 18.2 Å². The van der Waals surface area contributed by atoms with Crippen molar-refractivity contribution in [3.05, 3.63) is 28.8 Å². The average Bonchev–Trinajstić information content (AvgIpc) is 2.29. The zero-order valence-corrected chi connectivity index (χ0v) is 10.4. The van der Waals surface area contributed by atoms with Crippen LogP contribution in [0.4, 0.5) is 0 Å². The second kappa shape index (κ2) is 6.47. The number of hydrogen-bond donors (Lipinski definition) is 2. The molecule has 0 aliphatic carbocycles. The molecular weight excluding hydrogens is 242 g/mol. The van der Waals surface area contributed by atoms with Crippen LogP contribution < -0.4 is 10.5 Å². The molecule has 1 unspecified atom stereocenters. The highest BCUT2D eigenvalue weighted by Crippen LogP contribution is 2.25. The van der Waals surface area contributed by atoms with E-state index in [1.165, 1.54) is 0 Å². The van der Waals surface area contributed by atoms with Crippen molar-refractivity contribution in [1.29, 1.82) is 0 Å². The second-order valence-corrected chi connectivity index (χ2v) is 4.09. The lowest BCUT2D eigenvalue weighted by atomic mass is 10.1. The molecule has 0 aliphatic rings. The molecule has 1 atom stereocenters. The van der Waals surface area contributed by atoms with Crippen LogP contribution in [0.5, 0.6) is 5.75 Å². The lowest BCUT2D eigenvalue weighted by molar-refractivity contribution is -0.138. The van der Waals surface area contributed by atoms with Gasteiger partial charge in [0.25, 0.3) is 0 Å². The summed E-state index contributed by atoms with van der Waals surface area (Å²) in [6.07, 6.45) is 0.971. The number of ether oxygens (including phenoxy) is 1. The molecule has 5 heteroatoms. The maximum Gasteiger partial charge on any atom is 0.320 e. The number of carboxylic acids is 1. The van der Waals surface area contributed by atoms with Crippen molar-refractivity contribution in [2.24, 2.45) is 5.73 Å². The van der Waals surface area contributed by atoms with Gasteiger partial charge in [-0.25, -0.2) is 0 Å². The van der Waals surface area contributed by atoms with E-state index in [0.29, 0.717) is 30.2 Å². The Kier molecular flexibility index (Phi) is 5.25. The monoisotopic (exact) mass is 257 g/mol. The molecule has 0 bridgehead atoms. The molecule has 0 fully saturated rings. The van der Waals surface area contributed by atoms with Gasteiger partial charge < -0.3 is 15.6 Å². The minimum Gasteiger partial charge on any atom is -0.492 e. The second-order valence-electron chi connectivity index (χ2n) is 3.68. The third-order valence-electron chi connectivity index (χ3n) is 2.36. The number of hydrogen-bond acceptors (Lipinski definition) is 3. The first-order chi connectivity index (χ1) is 8.04. The van der Waals surface area contributed by atoms with Gasteiger partial charge in [0.05, 0.1) is 11.6 Å². The summed E-state index contributed by atoms with van der Waals surface area (Å²) in [6.45, 7) is 2.44. The third kappa shape index (κ3) is 4.24. The maximum atomic E-state index is 10.6. The van der Waals surface area contributed by atoms with Gasteiger partial charge in [-0.3, -0.25) is 4.79 Å². The van der Waals surface area contributed by atoms with Crippen LogP contribution in [0.2, 0.25) is 5.02 Å². The zero-order chi connectivity index (χ0) is 12.8. The summed E-state index contributed by atoms with van der Waals surface area (Å²) in [6, 6.07) is 4.60. The number of halogens is 1. The van der Waals surface area contributed by atoms with Crippen LogP contribution in [-0.2, 0) is 11.2 Å². The highest BCUT2D eigenvalue weighted by Gasteiger charge is 2.11. The first-order valence-electron chi connectivity index (χ1n) is 5.44. The van der Waals surface area contributed by atoms with Crippen LogP contribution in [0.25, 0.3) is 0 Å². The molecule has 0 saturated heterocycles. The summed E-state index contributed by atoms with van der Waals surface area (Å²) < 4.78 is 5.30. The van der Waals surface area contributed by atoms with Gasteiger partial charge in [-0.2, -0.15) is 0 Å². The summed E-state index contributed by atoms with van der Waals surface area (Å²) in [5, 5.41) is 9.19. The van der Waals surface area contributed by atoms with Crippen molar-refractivity contribution in [3.8, 4) is 5.75 Å². The molecule has 0 radical (unpaired) electrons. The Hall–Kier alpha value is -1.26. The predicted molar refractivity (Wildman–Crippen MR) is 66.6 cm³/mol. The maximum absolute atomic E-state index is 10.6. The zero-order valence-electron chi connectivity index (χ0n) is 9.65. The van der Waals surface area contributed by atoms with Crippen molar-refractivity contribution in [2.45, 2.75) is 25.8 Å². The highest BCUT2D eigenvalue weighted by molar-refractivity contribution is 6.32. The summed E-state index contributed by atoms with van der Waals surface area (Å²) in [5.74, 6) is -0.345. The van der Waals surface area contributed by atoms with Crippen molar-refractivity contribution in [3.63, 3.8) is 0 Å². The molecule has 3 N–H and O–H groups in total. The smallest absolute Gasteiger partial charge is 0.320 e. The molecule has 1 aromatic rings. The highest BCUT2D eigenvalue weighted by atomic mass is 35.5. The van der Waals surface area contributed by atoms with E-state index in [9.17, 15) is 4.79 Å². The lowest BCUT2D eigenvalue weighted by Crippen LogP contribution is -2.30. The SMILES string of the molecule is CCOc1ccc(CCC(N)C(=O)O)cc1Cl. The van der Waals surface area contributed by atoms with E-state index in [1.807, 2.05) is 13.0 Å². The fourth-order valence-electron chi connectivity index (χ4n) is 1.42. The molecule has 0 aromatic heterocycles. The van der Waals surface area contributed by atoms with Gasteiger partial charge in [0.2, 0.25) is 0 Å². The molecule has 1 rings (SSSR count). The normalized spacial score (nSPS) is 12.2. The Morgan fingerprint density at radius 2 is 2.29 bits per heavy atom. The lowest BCUT2D eigenvalue weighted by Gasteiger charge is -2.09. The van der Waals surface area contributed by atoms with Crippen LogP contribution in [0.1, 0.15) is 18.9 Å². The van der Waals surface area contributed by atoms with E-state index in [2.05, 4.69) is 0 Å². The fourth-order valence-corrected chi connectivity index (χ4v) is 1.68. The number of nitrogens with two attached hydrogens (primary N) is 1. The van der Waals surface area contributed by atoms with E-state index in [4.69, 9.17) is 27.2 Å².